The van der Waals surface area contributed by atoms with E-state index in [-0.39, 0.29) is 17.1 Å². The Hall–Kier alpha value is -1.75. The minimum atomic E-state index is -0.433. The highest BCUT2D eigenvalue weighted by molar-refractivity contribution is 5.99. The van der Waals surface area contributed by atoms with Crippen LogP contribution < -0.4 is 5.32 Å². The van der Waals surface area contributed by atoms with Gasteiger partial charge in [0.25, 0.3) is 5.91 Å². The topological polar surface area (TPSA) is 72.8 Å². The lowest BCUT2D eigenvalue weighted by molar-refractivity contribution is 0.0943. The number of benzene rings is 1. The normalized spacial score (nSPS) is 19.4. The van der Waals surface area contributed by atoms with Crippen molar-refractivity contribution in [3.05, 3.63) is 23.8 Å². The summed E-state index contributed by atoms with van der Waals surface area (Å²) in [5.74, 6) is -0.827. The third-order valence-corrected chi connectivity index (χ3v) is 4.10. The molecule has 116 valence electrons. The molecule has 0 aromatic heterocycles. The molecule has 1 aliphatic heterocycles. The Labute approximate surface area is 125 Å². The molecule has 0 aliphatic carbocycles. The van der Waals surface area contributed by atoms with E-state index >= 15 is 0 Å². The van der Waals surface area contributed by atoms with Gasteiger partial charge in [0.05, 0.1) is 0 Å². The highest BCUT2D eigenvalue weighted by Gasteiger charge is 2.18. The minimum Gasteiger partial charge on any atom is -0.507 e. The first-order valence-corrected chi connectivity index (χ1v) is 7.63. The van der Waals surface area contributed by atoms with Gasteiger partial charge in [-0.05, 0) is 44.9 Å². The second-order valence-corrected chi connectivity index (χ2v) is 5.66. The van der Waals surface area contributed by atoms with Gasteiger partial charge in [-0.25, -0.2) is 0 Å². The summed E-state index contributed by atoms with van der Waals surface area (Å²) in [5, 5.41) is 22.0. The molecule has 5 nitrogen and oxygen atoms in total. The van der Waals surface area contributed by atoms with Gasteiger partial charge in [0.2, 0.25) is 0 Å². The molecular formula is C16H24N2O3. The Bertz CT molecular complexity index is 470. The average Bonchev–Trinajstić information content (AvgIpc) is 2.45. The Kier molecular flexibility index (Phi) is 5.44. The van der Waals surface area contributed by atoms with Crippen molar-refractivity contribution in [2.75, 3.05) is 19.6 Å². The quantitative estimate of drug-likeness (QED) is 0.727. The summed E-state index contributed by atoms with van der Waals surface area (Å²) in [6, 6.07) is 4.91. The zero-order chi connectivity index (χ0) is 15.2. The summed E-state index contributed by atoms with van der Waals surface area (Å²) >= 11 is 0. The van der Waals surface area contributed by atoms with E-state index in [0.29, 0.717) is 12.6 Å². The van der Waals surface area contributed by atoms with E-state index in [9.17, 15) is 15.0 Å². The summed E-state index contributed by atoms with van der Waals surface area (Å²) in [6.07, 6.45) is 4.67. The van der Waals surface area contributed by atoms with Crippen molar-refractivity contribution >= 4 is 5.91 Å². The number of rotatable bonds is 5. The molecular weight excluding hydrogens is 268 g/mol. The molecule has 1 aliphatic rings. The van der Waals surface area contributed by atoms with Gasteiger partial charge < -0.3 is 20.4 Å². The Morgan fingerprint density at radius 1 is 1.33 bits per heavy atom. The molecule has 0 bridgehead atoms. The first kappa shape index (κ1) is 15.6. The minimum absolute atomic E-state index is 0.0520. The highest BCUT2D eigenvalue weighted by atomic mass is 16.3. The van der Waals surface area contributed by atoms with Gasteiger partial charge in [-0.3, -0.25) is 4.79 Å². The number of hydrogen-bond donors (Lipinski definition) is 3. The number of aromatic hydroxyl groups is 2. The van der Waals surface area contributed by atoms with Crippen LogP contribution in [0.25, 0.3) is 0 Å². The van der Waals surface area contributed by atoms with E-state index in [1.807, 2.05) is 0 Å². The van der Waals surface area contributed by atoms with Crippen LogP contribution >= 0.6 is 0 Å². The molecule has 5 heteroatoms. The predicted octanol–water partition coefficient (Wildman–Crippen LogP) is 2.09. The lowest BCUT2D eigenvalue weighted by atomic mass is 10.0. The smallest absolute Gasteiger partial charge is 0.258 e. The standard InChI is InChI=1S/C16H24N2O3/c1-12-6-2-3-10-18(12)11-5-9-17-16(21)15-13(19)7-4-8-14(15)20/h4,7-8,12,19-20H,2-3,5-6,9-11H2,1H3,(H,17,21). The molecule has 0 radical (unpaired) electrons. The van der Waals surface area contributed by atoms with E-state index in [4.69, 9.17) is 0 Å². The fourth-order valence-electron chi connectivity index (χ4n) is 2.82. The molecule has 1 aromatic rings. The first-order valence-electron chi connectivity index (χ1n) is 7.63. The van der Waals surface area contributed by atoms with Crippen LogP contribution in [0, 0.1) is 0 Å². The van der Waals surface area contributed by atoms with Crippen molar-refractivity contribution in [2.45, 2.75) is 38.6 Å². The summed E-state index contributed by atoms with van der Waals surface area (Å²) in [4.78, 5) is 14.4. The molecule has 1 aromatic carbocycles. The molecule has 1 saturated heterocycles. The Morgan fingerprint density at radius 3 is 2.71 bits per heavy atom. The number of piperidine rings is 1. The van der Waals surface area contributed by atoms with Crippen LogP contribution in [0.15, 0.2) is 18.2 Å². The predicted molar refractivity (Wildman–Crippen MR) is 81.6 cm³/mol. The van der Waals surface area contributed by atoms with E-state index in [0.717, 1.165) is 19.5 Å². The monoisotopic (exact) mass is 292 g/mol. The van der Waals surface area contributed by atoms with Gasteiger partial charge in [-0.15, -0.1) is 0 Å². The highest BCUT2D eigenvalue weighted by Crippen LogP contribution is 2.25. The van der Waals surface area contributed by atoms with Gasteiger partial charge in [0.1, 0.15) is 17.1 Å². The van der Waals surface area contributed by atoms with E-state index in [2.05, 4.69) is 17.1 Å². The molecule has 1 heterocycles. The number of amides is 1. The van der Waals surface area contributed by atoms with Crippen LogP contribution in [0.4, 0.5) is 0 Å². The molecule has 0 saturated carbocycles. The maximum atomic E-state index is 12.0. The number of carbonyl (C=O) groups is 1. The number of phenolic OH excluding ortho intramolecular Hbond substituents is 2. The largest absolute Gasteiger partial charge is 0.507 e. The van der Waals surface area contributed by atoms with Crippen molar-refractivity contribution in [3.63, 3.8) is 0 Å². The second-order valence-electron chi connectivity index (χ2n) is 5.66. The van der Waals surface area contributed by atoms with Crippen molar-refractivity contribution in [2.24, 2.45) is 0 Å². The van der Waals surface area contributed by atoms with Crippen molar-refractivity contribution in [1.82, 2.24) is 10.2 Å². The summed E-state index contributed by atoms with van der Waals surface area (Å²) in [7, 11) is 0. The molecule has 2 rings (SSSR count). The van der Waals surface area contributed by atoms with Crippen LogP contribution in [0.5, 0.6) is 11.5 Å². The van der Waals surface area contributed by atoms with Crippen LogP contribution in [0.2, 0.25) is 0 Å². The summed E-state index contributed by atoms with van der Waals surface area (Å²) in [6.45, 7) is 4.89. The summed E-state index contributed by atoms with van der Waals surface area (Å²) in [5.41, 5.74) is -0.0520. The lowest BCUT2D eigenvalue weighted by Gasteiger charge is -2.33. The zero-order valence-corrected chi connectivity index (χ0v) is 12.5. The SMILES string of the molecule is CC1CCCCN1CCCNC(=O)c1c(O)cccc1O. The molecule has 1 fully saturated rings. The Morgan fingerprint density at radius 2 is 2.05 bits per heavy atom. The van der Waals surface area contributed by atoms with Crippen molar-refractivity contribution < 1.29 is 15.0 Å². The number of hydrogen-bond acceptors (Lipinski definition) is 4. The van der Waals surface area contributed by atoms with Crippen molar-refractivity contribution in [3.8, 4) is 11.5 Å². The number of carbonyl (C=O) groups excluding carboxylic acids is 1. The number of phenols is 2. The number of likely N-dealkylation sites (tertiary alicyclic amines) is 1. The maximum absolute atomic E-state index is 12.0. The van der Waals surface area contributed by atoms with Crippen LogP contribution in [0.1, 0.15) is 43.0 Å². The number of nitrogens with zero attached hydrogens (tertiary/aromatic N) is 1. The van der Waals surface area contributed by atoms with Gasteiger partial charge in [-0.2, -0.15) is 0 Å². The molecule has 3 N–H and O–H groups in total. The van der Waals surface area contributed by atoms with Gasteiger partial charge in [0.15, 0.2) is 0 Å². The Balaban J connectivity index is 1.77. The zero-order valence-electron chi connectivity index (χ0n) is 12.5. The van der Waals surface area contributed by atoms with Crippen LogP contribution in [-0.4, -0.2) is 46.7 Å². The van der Waals surface area contributed by atoms with Gasteiger partial charge in [0, 0.05) is 19.1 Å². The fraction of sp³-hybridized carbons (Fsp3) is 0.562. The van der Waals surface area contributed by atoms with Gasteiger partial charge in [-0.1, -0.05) is 12.5 Å². The molecule has 1 unspecified atom stereocenters. The van der Waals surface area contributed by atoms with E-state index in [1.54, 1.807) is 0 Å². The number of nitrogens with one attached hydrogen (secondary N) is 1. The molecule has 0 spiro atoms. The first-order chi connectivity index (χ1) is 10.1. The fourth-order valence-corrected chi connectivity index (χ4v) is 2.82. The third-order valence-electron chi connectivity index (χ3n) is 4.10. The van der Waals surface area contributed by atoms with E-state index in [1.165, 1.54) is 37.5 Å². The average molecular weight is 292 g/mol. The van der Waals surface area contributed by atoms with Crippen LogP contribution in [0.3, 0.4) is 0 Å². The third kappa shape index (κ3) is 4.11. The van der Waals surface area contributed by atoms with Crippen LogP contribution in [-0.2, 0) is 0 Å². The maximum Gasteiger partial charge on any atom is 0.258 e. The molecule has 21 heavy (non-hydrogen) atoms. The van der Waals surface area contributed by atoms with Crippen molar-refractivity contribution in [1.29, 1.82) is 0 Å². The molecule has 1 atom stereocenters. The lowest BCUT2D eigenvalue weighted by Crippen LogP contribution is -2.39. The van der Waals surface area contributed by atoms with E-state index < -0.39 is 5.91 Å². The van der Waals surface area contributed by atoms with Gasteiger partial charge >= 0.3 is 0 Å². The summed E-state index contributed by atoms with van der Waals surface area (Å²) < 4.78 is 0. The second kappa shape index (κ2) is 7.31. The molecule has 1 amide bonds.